The van der Waals surface area contributed by atoms with Gasteiger partial charge in [0.15, 0.2) is 6.29 Å². The second-order valence-corrected chi connectivity index (χ2v) is 12.4. The minimum absolute atomic E-state index is 0.0679. The van der Waals surface area contributed by atoms with E-state index in [0.717, 1.165) is 35.1 Å². The van der Waals surface area contributed by atoms with E-state index in [0.29, 0.717) is 49.5 Å². The van der Waals surface area contributed by atoms with Crippen LogP contribution in [0.1, 0.15) is 79.6 Å². The topological polar surface area (TPSA) is 145 Å². The van der Waals surface area contributed by atoms with Gasteiger partial charge in [-0.2, -0.15) is 0 Å². The summed E-state index contributed by atoms with van der Waals surface area (Å²) < 4.78 is 24.9. The molecule has 2 heterocycles. The van der Waals surface area contributed by atoms with Gasteiger partial charge in [0.1, 0.15) is 30.5 Å². The summed E-state index contributed by atoms with van der Waals surface area (Å²) in [5, 5.41) is 28.6. The zero-order valence-corrected chi connectivity index (χ0v) is 29.0. The van der Waals surface area contributed by atoms with Crippen LogP contribution in [0.25, 0.3) is 5.57 Å². The summed E-state index contributed by atoms with van der Waals surface area (Å²) in [5.41, 5.74) is 4.41. The molecule has 0 aliphatic carbocycles. The molecule has 0 radical (unpaired) electrons. The molecule has 0 unspecified atom stereocenters. The van der Waals surface area contributed by atoms with Gasteiger partial charge < -0.3 is 34.3 Å². The zero-order chi connectivity index (χ0) is 36.5. The molecular formula is C42H45NO9. The number of phenolic OH excluding ortho intramolecular Hbond substituents is 1. The lowest BCUT2D eigenvalue weighted by atomic mass is 9.91. The molecule has 1 aromatic heterocycles. The molecule has 4 aromatic rings. The van der Waals surface area contributed by atoms with Crippen molar-refractivity contribution >= 4 is 17.5 Å². The molecule has 1 aliphatic heterocycles. The van der Waals surface area contributed by atoms with E-state index in [1.165, 1.54) is 0 Å². The van der Waals surface area contributed by atoms with Gasteiger partial charge in [-0.1, -0.05) is 72.8 Å². The SMILES string of the molecule is O=C(O)CC/C=C\C[C@@H]1CO[C@H](c2ccccc2OCCOc2ccc(/C(=C\CCCCC(=O)O)c3cccnc3)cc2)O[C@@H]1c1ccccc1O. The van der Waals surface area contributed by atoms with Crippen molar-refractivity contribution < 1.29 is 43.9 Å². The Morgan fingerprint density at radius 2 is 1.54 bits per heavy atom. The van der Waals surface area contributed by atoms with Gasteiger partial charge in [0.2, 0.25) is 0 Å². The lowest BCUT2D eigenvalue weighted by molar-refractivity contribution is -0.244. The molecule has 1 saturated heterocycles. The minimum Gasteiger partial charge on any atom is -0.508 e. The number of hydrogen-bond acceptors (Lipinski definition) is 8. The second-order valence-electron chi connectivity index (χ2n) is 12.4. The molecule has 1 fully saturated rings. The van der Waals surface area contributed by atoms with Gasteiger partial charge in [0, 0.05) is 47.8 Å². The van der Waals surface area contributed by atoms with Crippen LogP contribution in [0.4, 0.5) is 0 Å². The van der Waals surface area contributed by atoms with Gasteiger partial charge >= 0.3 is 11.9 Å². The van der Waals surface area contributed by atoms with Crippen LogP contribution in [0, 0.1) is 5.92 Å². The predicted octanol–water partition coefficient (Wildman–Crippen LogP) is 8.54. The number of carboxylic acids is 2. The summed E-state index contributed by atoms with van der Waals surface area (Å²) in [6.07, 6.45) is 11.7. The van der Waals surface area contributed by atoms with E-state index in [9.17, 15) is 14.7 Å². The number of ether oxygens (including phenoxy) is 4. The van der Waals surface area contributed by atoms with Gasteiger partial charge in [-0.3, -0.25) is 14.6 Å². The van der Waals surface area contributed by atoms with Crippen LogP contribution < -0.4 is 9.47 Å². The van der Waals surface area contributed by atoms with Crippen molar-refractivity contribution in [3.63, 3.8) is 0 Å². The first-order valence-electron chi connectivity index (χ1n) is 17.6. The molecule has 1 aliphatic rings. The first-order valence-corrected chi connectivity index (χ1v) is 17.6. The van der Waals surface area contributed by atoms with Crippen LogP contribution in [0.2, 0.25) is 0 Å². The molecular weight excluding hydrogens is 662 g/mol. The number of allylic oxidation sites excluding steroid dienone is 3. The highest BCUT2D eigenvalue weighted by atomic mass is 16.7. The first kappa shape index (κ1) is 37.8. The summed E-state index contributed by atoms with van der Waals surface area (Å²) in [4.78, 5) is 26.0. The first-order chi connectivity index (χ1) is 25.4. The number of phenols is 1. The van der Waals surface area contributed by atoms with Gasteiger partial charge in [0.05, 0.1) is 12.7 Å². The van der Waals surface area contributed by atoms with Crippen molar-refractivity contribution in [1.82, 2.24) is 4.98 Å². The smallest absolute Gasteiger partial charge is 0.303 e. The van der Waals surface area contributed by atoms with Crippen molar-refractivity contribution in [3.8, 4) is 17.2 Å². The molecule has 0 bridgehead atoms. The van der Waals surface area contributed by atoms with Crippen LogP contribution >= 0.6 is 0 Å². The Balaban J connectivity index is 1.19. The predicted molar refractivity (Wildman–Crippen MR) is 196 cm³/mol. The molecule has 272 valence electrons. The third kappa shape index (κ3) is 11.3. The molecule has 0 saturated carbocycles. The lowest BCUT2D eigenvalue weighted by Gasteiger charge is -2.37. The number of aliphatic carboxylic acids is 2. The third-order valence-corrected chi connectivity index (χ3v) is 8.65. The standard InChI is InChI=1S/C42H45NO9/c44-37-17-9-7-15-35(37)41-32(12-3-1-5-19-39(45)46)29-51-42(52-41)36-16-8-10-18-38(36)50-27-26-49-33-23-21-30(22-24-33)34(31-13-11-25-43-28-31)14-4-2-6-20-40(47)48/h1,3,7-11,13-18,21-25,28,32,41-42,44H,2,4-6,12,19-20,26-27,29H2,(H,45,46)(H,47,48)/b3-1-,34-14+/t32-,41+,42+/m1/s1. The largest absolute Gasteiger partial charge is 0.508 e. The molecule has 3 atom stereocenters. The molecule has 3 N–H and O–H groups in total. The van der Waals surface area contributed by atoms with Gasteiger partial charge in [0.25, 0.3) is 0 Å². The van der Waals surface area contributed by atoms with E-state index in [1.807, 2.05) is 91.1 Å². The average Bonchev–Trinajstić information content (AvgIpc) is 3.16. The van der Waals surface area contributed by atoms with Gasteiger partial charge in [-0.05, 0) is 73.6 Å². The van der Waals surface area contributed by atoms with Crippen molar-refractivity contribution in [3.05, 3.63) is 138 Å². The van der Waals surface area contributed by atoms with Crippen molar-refractivity contribution in [2.75, 3.05) is 19.8 Å². The normalized spacial score (nSPS) is 17.5. The van der Waals surface area contributed by atoms with Crippen molar-refractivity contribution in [2.24, 2.45) is 5.92 Å². The lowest BCUT2D eigenvalue weighted by Crippen LogP contribution is -2.30. The summed E-state index contributed by atoms with van der Waals surface area (Å²) in [6.45, 7) is 0.934. The number of aromatic nitrogens is 1. The molecule has 10 nitrogen and oxygen atoms in total. The summed E-state index contributed by atoms with van der Waals surface area (Å²) in [7, 11) is 0. The Labute approximate surface area is 304 Å². The minimum atomic E-state index is -0.839. The maximum Gasteiger partial charge on any atom is 0.303 e. The Hall–Kier alpha value is -5.45. The number of hydrogen-bond donors (Lipinski definition) is 3. The molecule has 0 spiro atoms. The van der Waals surface area contributed by atoms with E-state index in [1.54, 1.807) is 18.3 Å². The number of carboxylic acid groups (broad SMARTS) is 2. The number of carbonyl (C=O) groups is 2. The van der Waals surface area contributed by atoms with Gasteiger partial charge in [-0.25, -0.2) is 0 Å². The van der Waals surface area contributed by atoms with Crippen molar-refractivity contribution in [1.29, 1.82) is 0 Å². The van der Waals surface area contributed by atoms with E-state index in [4.69, 9.17) is 29.2 Å². The Morgan fingerprint density at radius 1 is 0.788 bits per heavy atom. The fourth-order valence-corrected chi connectivity index (χ4v) is 6.03. The maximum atomic E-state index is 10.9. The van der Waals surface area contributed by atoms with Crippen LogP contribution in [-0.4, -0.2) is 52.1 Å². The number of rotatable bonds is 19. The van der Waals surface area contributed by atoms with Crippen LogP contribution in [0.15, 0.2) is 116 Å². The third-order valence-electron chi connectivity index (χ3n) is 8.65. The fraction of sp³-hybridized carbons (Fsp3) is 0.310. The van der Waals surface area contributed by atoms with E-state index >= 15 is 0 Å². The number of nitrogens with zero attached hydrogens (tertiary/aromatic N) is 1. The maximum absolute atomic E-state index is 10.9. The van der Waals surface area contributed by atoms with E-state index in [-0.39, 0.29) is 31.1 Å². The summed E-state index contributed by atoms with van der Waals surface area (Å²) in [5.74, 6) is -0.281. The highest BCUT2D eigenvalue weighted by Crippen LogP contribution is 2.44. The van der Waals surface area contributed by atoms with Crippen LogP contribution in [-0.2, 0) is 19.1 Å². The molecule has 3 aromatic carbocycles. The van der Waals surface area contributed by atoms with Crippen LogP contribution in [0.5, 0.6) is 17.2 Å². The second kappa shape index (κ2) is 19.8. The highest BCUT2D eigenvalue weighted by molar-refractivity contribution is 5.79. The average molecular weight is 708 g/mol. The summed E-state index contributed by atoms with van der Waals surface area (Å²) in [6, 6.07) is 26.4. The zero-order valence-electron chi connectivity index (χ0n) is 29.0. The van der Waals surface area contributed by atoms with Gasteiger partial charge in [-0.15, -0.1) is 0 Å². The number of aromatic hydroxyl groups is 1. The number of pyridine rings is 1. The van der Waals surface area contributed by atoms with Crippen molar-refractivity contribution in [2.45, 2.75) is 57.3 Å². The molecule has 10 heteroatoms. The Bertz CT molecular complexity index is 1790. The Kier molecular flexibility index (Phi) is 14.4. The van der Waals surface area contributed by atoms with E-state index in [2.05, 4.69) is 11.1 Å². The van der Waals surface area contributed by atoms with E-state index < -0.39 is 24.3 Å². The number of benzene rings is 3. The molecule has 52 heavy (non-hydrogen) atoms. The molecule has 5 rings (SSSR count). The van der Waals surface area contributed by atoms with Crippen LogP contribution in [0.3, 0.4) is 0 Å². The highest BCUT2D eigenvalue weighted by Gasteiger charge is 2.35. The monoisotopic (exact) mass is 707 g/mol. The fourth-order valence-electron chi connectivity index (χ4n) is 6.03. The quantitative estimate of drug-likeness (QED) is 0.0641. The molecule has 0 amide bonds. The number of unbranched alkanes of at least 4 members (excludes halogenated alkanes) is 2. The Morgan fingerprint density at radius 3 is 2.29 bits per heavy atom. The summed E-state index contributed by atoms with van der Waals surface area (Å²) >= 11 is 0. The number of para-hydroxylation sites is 2.